The second-order valence-electron chi connectivity index (χ2n) is 4.75. The molecule has 0 spiro atoms. The lowest BCUT2D eigenvalue weighted by molar-refractivity contribution is -0.120. The van der Waals surface area contributed by atoms with Crippen LogP contribution in [0.4, 0.5) is 5.82 Å². The molecular weight excluding hydrogens is 218 g/mol. The van der Waals surface area contributed by atoms with E-state index < -0.39 is 0 Å². The molecule has 1 aromatic rings. The van der Waals surface area contributed by atoms with Crippen molar-refractivity contribution < 1.29 is 9.90 Å². The van der Waals surface area contributed by atoms with E-state index in [4.69, 9.17) is 0 Å². The summed E-state index contributed by atoms with van der Waals surface area (Å²) in [5.41, 5.74) is 0. The molecule has 2 fully saturated rings. The van der Waals surface area contributed by atoms with Crippen LogP contribution in [0.15, 0.2) is 18.3 Å². The van der Waals surface area contributed by atoms with Crippen molar-refractivity contribution in [2.45, 2.75) is 31.3 Å². The summed E-state index contributed by atoms with van der Waals surface area (Å²) < 4.78 is 0. The van der Waals surface area contributed by atoms with Crippen LogP contribution in [0, 0.1) is 5.92 Å². The minimum absolute atomic E-state index is 0.00940. The normalized spacial score (nSPS) is 30.5. The molecular formula is C12H15N3O2. The second kappa shape index (κ2) is 4.00. The van der Waals surface area contributed by atoms with Gasteiger partial charge in [0.25, 0.3) is 0 Å². The van der Waals surface area contributed by atoms with Crippen molar-refractivity contribution in [2.24, 2.45) is 5.92 Å². The summed E-state index contributed by atoms with van der Waals surface area (Å²) in [5, 5.41) is 15.7. The van der Waals surface area contributed by atoms with E-state index in [2.05, 4.69) is 15.6 Å². The number of aromatic hydroxyl groups is 1. The van der Waals surface area contributed by atoms with Crippen LogP contribution in [0.2, 0.25) is 0 Å². The smallest absolute Gasteiger partial charge is 0.230 e. The lowest BCUT2D eigenvalue weighted by Crippen LogP contribution is -2.33. The van der Waals surface area contributed by atoms with Gasteiger partial charge in [0.2, 0.25) is 5.91 Å². The van der Waals surface area contributed by atoms with Crippen molar-refractivity contribution in [3.8, 4) is 5.75 Å². The molecule has 2 saturated heterocycles. The van der Waals surface area contributed by atoms with E-state index in [1.165, 1.54) is 12.5 Å². The molecule has 17 heavy (non-hydrogen) atoms. The van der Waals surface area contributed by atoms with E-state index in [0.29, 0.717) is 12.1 Å². The number of hydrogen-bond acceptors (Lipinski definition) is 4. The molecule has 2 aliphatic rings. The first kappa shape index (κ1) is 10.5. The number of anilines is 1. The molecule has 2 bridgehead atoms. The van der Waals surface area contributed by atoms with E-state index in [1.54, 1.807) is 12.3 Å². The van der Waals surface area contributed by atoms with Crippen LogP contribution >= 0.6 is 0 Å². The molecule has 3 atom stereocenters. The van der Waals surface area contributed by atoms with Crippen LogP contribution in [0.25, 0.3) is 0 Å². The van der Waals surface area contributed by atoms with E-state index in [1.807, 2.05) is 0 Å². The van der Waals surface area contributed by atoms with Crippen LogP contribution < -0.4 is 10.6 Å². The first-order chi connectivity index (χ1) is 8.24. The molecule has 0 saturated carbocycles. The standard InChI is InChI=1S/C12H15N3O2/c16-10-2-1-5-13-11(10)15-12(17)8-6-7-3-4-9(8)14-7/h1-2,5,7-9,14,16H,3-4,6H2,(H,13,15,17). The Bertz CT molecular complexity index is 449. The van der Waals surface area contributed by atoms with Gasteiger partial charge in [-0.05, 0) is 31.4 Å². The van der Waals surface area contributed by atoms with Gasteiger partial charge in [-0.15, -0.1) is 0 Å². The van der Waals surface area contributed by atoms with Crippen molar-refractivity contribution in [1.82, 2.24) is 10.3 Å². The molecule has 3 rings (SSSR count). The highest BCUT2D eigenvalue weighted by molar-refractivity contribution is 5.93. The Balaban J connectivity index is 1.70. The predicted octanol–water partition coefficient (Wildman–Crippen LogP) is 0.866. The highest BCUT2D eigenvalue weighted by Gasteiger charge is 2.42. The van der Waals surface area contributed by atoms with Crippen molar-refractivity contribution in [2.75, 3.05) is 5.32 Å². The van der Waals surface area contributed by atoms with Gasteiger partial charge < -0.3 is 15.7 Å². The van der Waals surface area contributed by atoms with Crippen LogP contribution in [0.3, 0.4) is 0 Å². The van der Waals surface area contributed by atoms with Crippen molar-refractivity contribution in [3.63, 3.8) is 0 Å². The van der Waals surface area contributed by atoms with E-state index in [-0.39, 0.29) is 23.4 Å². The average Bonchev–Trinajstić information content (AvgIpc) is 2.94. The van der Waals surface area contributed by atoms with Gasteiger partial charge in [0, 0.05) is 18.3 Å². The third-order valence-corrected chi connectivity index (χ3v) is 3.66. The summed E-state index contributed by atoms with van der Waals surface area (Å²) in [5.74, 6) is 0.228. The van der Waals surface area contributed by atoms with Crippen LogP contribution in [0.5, 0.6) is 5.75 Å². The number of amides is 1. The Labute approximate surface area is 99.2 Å². The summed E-state index contributed by atoms with van der Waals surface area (Å²) in [7, 11) is 0. The summed E-state index contributed by atoms with van der Waals surface area (Å²) in [6.07, 6.45) is 4.68. The van der Waals surface area contributed by atoms with Crippen molar-refractivity contribution in [1.29, 1.82) is 0 Å². The van der Waals surface area contributed by atoms with Gasteiger partial charge in [0.15, 0.2) is 11.6 Å². The number of nitrogens with one attached hydrogen (secondary N) is 2. The van der Waals surface area contributed by atoms with Gasteiger partial charge >= 0.3 is 0 Å². The number of rotatable bonds is 2. The molecule has 2 aliphatic heterocycles. The fourth-order valence-corrected chi connectivity index (χ4v) is 2.82. The van der Waals surface area contributed by atoms with Gasteiger partial charge in [-0.2, -0.15) is 0 Å². The highest BCUT2D eigenvalue weighted by atomic mass is 16.3. The third kappa shape index (κ3) is 1.86. The molecule has 90 valence electrons. The highest BCUT2D eigenvalue weighted by Crippen LogP contribution is 2.34. The summed E-state index contributed by atoms with van der Waals surface area (Å²) in [4.78, 5) is 16.0. The zero-order valence-electron chi connectivity index (χ0n) is 9.39. The molecule has 5 nitrogen and oxygen atoms in total. The van der Waals surface area contributed by atoms with Gasteiger partial charge in [-0.3, -0.25) is 4.79 Å². The first-order valence-corrected chi connectivity index (χ1v) is 5.95. The molecule has 3 unspecified atom stereocenters. The maximum Gasteiger partial charge on any atom is 0.230 e. The van der Waals surface area contributed by atoms with Crippen LogP contribution in [0.1, 0.15) is 19.3 Å². The molecule has 3 N–H and O–H groups in total. The summed E-state index contributed by atoms with van der Waals surface area (Å²) in [6, 6.07) is 3.94. The molecule has 0 aromatic carbocycles. The zero-order chi connectivity index (χ0) is 11.8. The second-order valence-corrected chi connectivity index (χ2v) is 4.75. The van der Waals surface area contributed by atoms with Crippen LogP contribution in [-0.4, -0.2) is 28.1 Å². The van der Waals surface area contributed by atoms with E-state index >= 15 is 0 Å². The van der Waals surface area contributed by atoms with Gasteiger partial charge in [0.05, 0.1) is 5.92 Å². The molecule has 0 radical (unpaired) electrons. The number of fused-ring (bicyclic) bond motifs is 2. The molecule has 3 heterocycles. The fourth-order valence-electron chi connectivity index (χ4n) is 2.82. The Morgan fingerprint density at radius 1 is 1.53 bits per heavy atom. The number of carbonyl (C=O) groups excluding carboxylic acids is 1. The topological polar surface area (TPSA) is 74.2 Å². The molecule has 1 amide bonds. The fraction of sp³-hybridized carbons (Fsp3) is 0.500. The van der Waals surface area contributed by atoms with Gasteiger partial charge in [-0.1, -0.05) is 0 Å². The number of hydrogen-bond donors (Lipinski definition) is 3. The molecule has 5 heteroatoms. The Morgan fingerprint density at radius 3 is 3.06 bits per heavy atom. The number of carbonyl (C=O) groups is 1. The predicted molar refractivity (Wildman–Crippen MR) is 62.6 cm³/mol. The van der Waals surface area contributed by atoms with Crippen molar-refractivity contribution in [3.05, 3.63) is 18.3 Å². The van der Waals surface area contributed by atoms with Gasteiger partial charge in [-0.25, -0.2) is 4.98 Å². The Kier molecular flexibility index (Phi) is 2.48. The third-order valence-electron chi connectivity index (χ3n) is 3.66. The largest absolute Gasteiger partial charge is 0.504 e. The Hall–Kier alpha value is -1.62. The SMILES string of the molecule is O=C(Nc1ncccc1O)C1CC2CCC1N2. The quantitative estimate of drug-likeness (QED) is 0.708. The van der Waals surface area contributed by atoms with E-state index in [9.17, 15) is 9.90 Å². The van der Waals surface area contributed by atoms with E-state index in [0.717, 1.165) is 12.8 Å². The zero-order valence-corrected chi connectivity index (χ0v) is 9.39. The number of pyridine rings is 1. The first-order valence-electron chi connectivity index (χ1n) is 5.95. The monoisotopic (exact) mass is 233 g/mol. The minimum Gasteiger partial charge on any atom is -0.504 e. The van der Waals surface area contributed by atoms with Crippen LogP contribution in [-0.2, 0) is 4.79 Å². The lowest BCUT2D eigenvalue weighted by Gasteiger charge is -2.19. The molecule has 1 aromatic heterocycles. The van der Waals surface area contributed by atoms with Gasteiger partial charge in [0.1, 0.15) is 0 Å². The molecule has 0 aliphatic carbocycles. The maximum atomic E-state index is 12.1. The minimum atomic E-state index is -0.0429. The summed E-state index contributed by atoms with van der Waals surface area (Å²) >= 11 is 0. The number of nitrogens with zero attached hydrogens (tertiary/aromatic N) is 1. The number of aromatic nitrogens is 1. The maximum absolute atomic E-state index is 12.1. The van der Waals surface area contributed by atoms with Crippen molar-refractivity contribution >= 4 is 11.7 Å². The summed E-state index contributed by atoms with van der Waals surface area (Å²) in [6.45, 7) is 0. The lowest BCUT2D eigenvalue weighted by atomic mass is 9.88. The Morgan fingerprint density at radius 2 is 2.41 bits per heavy atom. The average molecular weight is 233 g/mol.